The molecular formula is C9H11IN2. The van der Waals surface area contributed by atoms with Gasteiger partial charge in [-0.2, -0.15) is 5.10 Å². The van der Waals surface area contributed by atoms with E-state index in [1.807, 2.05) is 17.8 Å². The maximum absolute atomic E-state index is 4.48. The molecule has 0 radical (unpaired) electrons. The van der Waals surface area contributed by atoms with Crippen LogP contribution < -0.4 is 0 Å². The molecule has 1 fully saturated rings. The molecule has 2 rings (SSSR count). The lowest BCUT2D eigenvalue weighted by atomic mass is 10.3. The summed E-state index contributed by atoms with van der Waals surface area (Å²) in [6.07, 6.45) is 4.49. The topological polar surface area (TPSA) is 17.8 Å². The Balaban J connectivity index is 2.49. The predicted molar refractivity (Wildman–Crippen MR) is 58.0 cm³/mol. The lowest BCUT2D eigenvalue weighted by Crippen LogP contribution is -1.93. The molecule has 0 N–H and O–H groups in total. The molecule has 3 heteroatoms. The smallest absolute Gasteiger partial charge is 0.0795 e. The summed E-state index contributed by atoms with van der Waals surface area (Å²) in [7, 11) is 1.98. The van der Waals surface area contributed by atoms with Crippen molar-refractivity contribution >= 4 is 28.7 Å². The van der Waals surface area contributed by atoms with E-state index < -0.39 is 0 Å². The molecule has 0 aromatic carbocycles. The summed E-state index contributed by atoms with van der Waals surface area (Å²) in [6.45, 7) is 3.78. The van der Waals surface area contributed by atoms with Crippen molar-refractivity contribution in [2.24, 2.45) is 7.05 Å². The van der Waals surface area contributed by atoms with Gasteiger partial charge in [0.25, 0.3) is 0 Å². The summed E-state index contributed by atoms with van der Waals surface area (Å²) >= 11 is 2.36. The fourth-order valence-corrected chi connectivity index (χ4v) is 2.49. The van der Waals surface area contributed by atoms with Crippen molar-refractivity contribution in [3.8, 4) is 0 Å². The number of nitrogens with zero attached hydrogens (tertiary/aromatic N) is 2. The Morgan fingerprint density at radius 3 is 2.75 bits per heavy atom. The Hall–Kier alpha value is -0.320. The number of aryl methyl sites for hydroxylation is 1. The van der Waals surface area contributed by atoms with Crippen LogP contribution in [0.1, 0.15) is 30.1 Å². The van der Waals surface area contributed by atoms with E-state index in [2.05, 4.69) is 34.3 Å². The monoisotopic (exact) mass is 274 g/mol. The molecule has 1 aliphatic rings. The summed E-state index contributed by atoms with van der Waals surface area (Å²) in [6, 6.07) is 0. The van der Waals surface area contributed by atoms with Crippen molar-refractivity contribution in [2.45, 2.75) is 18.8 Å². The lowest BCUT2D eigenvalue weighted by Gasteiger charge is -1.91. The first-order valence-corrected chi connectivity index (χ1v) is 5.16. The van der Waals surface area contributed by atoms with E-state index in [9.17, 15) is 0 Å². The number of hydrogen-bond acceptors (Lipinski definition) is 1. The average Bonchev–Trinajstić information content (AvgIpc) is 2.80. The van der Waals surface area contributed by atoms with E-state index in [4.69, 9.17) is 0 Å². The average molecular weight is 274 g/mol. The number of hydrogen-bond donors (Lipinski definition) is 0. The van der Waals surface area contributed by atoms with Crippen LogP contribution in [0.3, 0.4) is 0 Å². The maximum atomic E-state index is 4.48. The summed E-state index contributed by atoms with van der Waals surface area (Å²) in [5.41, 5.74) is 2.42. The van der Waals surface area contributed by atoms with Gasteiger partial charge in [0.15, 0.2) is 0 Å². The van der Waals surface area contributed by atoms with Crippen molar-refractivity contribution in [1.29, 1.82) is 0 Å². The Labute approximate surface area is 85.8 Å². The van der Waals surface area contributed by atoms with Gasteiger partial charge < -0.3 is 0 Å². The van der Waals surface area contributed by atoms with E-state index in [1.54, 1.807) is 0 Å². The normalized spacial score (nSPS) is 16.5. The largest absolute Gasteiger partial charge is 0.267 e. The van der Waals surface area contributed by atoms with Crippen molar-refractivity contribution < 1.29 is 0 Å². The van der Waals surface area contributed by atoms with Crippen LogP contribution in [0.5, 0.6) is 0 Å². The van der Waals surface area contributed by atoms with Crippen LogP contribution in [0.25, 0.3) is 6.08 Å². The second-order valence-corrected chi connectivity index (χ2v) is 4.27. The van der Waals surface area contributed by atoms with Crippen molar-refractivity contribution in [2.75, 3.05) is 0 Å². The van der Waals surface area contributed by atoms with Crippen LogP contribution in [0.15, 0.2) is 6.58 Å². The molecule has 0 unspecified atom stereocenters. The zero-order chi connectivity index (χ0) is 8.72. The molecule has 0 amide bonds. The number of rotatable bonds is 2. The molecule has 12 heavy (non-hydrogen) atoms. The molecule has 64 valence electrons. The highest BCUT2D eigenvalue weighted by Crippen LogP contribution is 2.41. The summed E-state index contributed by atoms with van der Waals surface area (Å²) < 4.78 is 3.20. The molecule has 1 saturated carbocycles. The molecule has 0 bridgehead atoms. The van der Waals surface area contributed by atoms with E-state index in [1.165, 1.54) is 22.1 Å². The second-order valence-electron chi connectivity index (χ2n) is 3.19. The summed E-state index contributed by atoms with van der Waals surface area (Å²) in [5.74, 6) is 0.733. The second kappa shape index (κ2) is 2.87. The van der Waals surface area contributed by atoms with E-state index >= 15 is 0 Å². The van der Waals surface area contributed by atoms with Gasteiger partial charge in [0, 0.05) is 13.0 Å². The molecule has 0 atom stereocenters. The Kier molecular flexibility index (Phi) is 1.98. The van der Waals surface area contributed by atoms with Gasteiger partial charge in [0.1, 0.15) is 0 Å². The molecule has 0 saturated heterocycles. The van der Waals surface area contributed by atoms with Gasteiger partial charge in [0.2, 0.25) is 0 Å². The third-order valence-electron chi connectivity index (χ3n) is 2.21. The Bertz CT molecular complexity index is 324. The van der Waals surface area contributed by atoms with Crippen LogP contribution in [0.4, 0.5) is 0 Å². The van der Waals surface area contributed by atoms with Gasteiger partial charge in [-0.15, -0.1) is 0 Å². The minimum Gasteiger partial charge on any atom is -0.267 e. The Morgan fingerprint density at radius 1 is 1.67 bits per heavy atom. The maximum Gasteiger partial charge on any atom is 0.0795 e. The van der Waals surface area contributed by atoms with Gasteiger partial charge in [-0.05, 0) is 41.5 Å². The highest BCUT2D eigenvalue weighted by atomic mass is 127. The SMILES string of the molecule is C=Cc1c(I)c(C2CC2)nn1C. The highest BCUT2D eigenvalue weighted by molar-refractivity contribution is 14.1. The standard InChI is InChI=1S/C9H11IN2/c1-3-7-8(10)9(6-4-5-6)11-12(7)2/h3,6H,1,4-5H2,2H3. The summed E-state index contributed by atoms with van der Waals surface area (Å²) in [5, 5.41) is 4.48. The van der Waals surface area contributed by atoms with Crippen LogP contribution in [0.2, 0.25) is 0 Å². The van der Waals surface area contributed by atoms with Gasteiger partial charge >= 0.3 is 0 Å². The minimum absolute atomic E-state index is 0.733. The van der Waals surface area contributed by atoms with Gasteiger partial charge in [-0.25, -0.2) is 0 Å². The number of halogens is 1. The van der Waals surface area contributed by atoms with Crippen LogP contribution in [-0.4, -0.2) is 9.78 Å². The van der Waals surface area contributed by atoms with E-state index in [0.717, 1.165) is 11.6 Å². The van der Waals surface area contributed by atoms with Gasteiger partial charge in [-0.1, -0.05) is 6.58 Å². The Morgan fingerprint density at radius 2 is 2.33 bits per heavy atom. The van der Waals surface area contributed by atoms with Crippen molar-refractivity contribution in [3.05, 3.63) is 21.5 Å². The van der Waals surface area contributed by atoms with Crippen LogP contribution >= 0.6 is 22.6 Å². The lowest BCUT2D eigenvalue weighted by molar-refractivity contribution is 0.737. The van der Waals surface area contributed by atoms with Crippen LogP contribution in [0, 0.1) is 3.57 Å². The zero-order valence-electron chi connectivity index (χ0n) is 7.05. The molecule has 0 aliphatic heterocycles. The first kappa shape index (κ1) is 8.29. The predicted octanol–water partition coefficient (Wildman–Crippen LogP) is 2.55. The zero-order valence-corrected chi connectivity index (χ0v) is 9.21. The third-order valence-corrected chi connectivity index (χ3v) is 3.32. The fraction of sp³-hybridized carbons (Fsp3) is 0.444. The molecule has 1 aromatic heterocycles. The van der Waals surface area contributed by atoms with Crippen molar-refractivity contribution in [3.63, 3.8) is 0 Å². The highest BCUT2D eigenvalue weighted by Gasteiger charge is 2.29. The van der Waals surface area contributed by atoms with Crippen LogP contribution in [-0.2, 0) is 7.05 Å². The minimum atomic E-state index is 0.733. The van der Waals surface area contributed by atoms with Gasteiger partial charge in [-0.3, -0.25) is 4.68 Å². The molecular weight excluding hydrogens is 263 g/mol. The van der Waals surface area contributed by atoms with Gasteiger partial charge in [0.05, 0.1) is 15.0 Å². The number of aromatic nitrogens is 2. The third kappa shape index (κ3) is 1.20. The molecule has 2 nitrogen and oxygen atoms in total. The fourth-order valence-electron chi connectivity index (χ4n) is 1.37. The molecule has 0 spiro atoms. The quantitative estimate of drug-likeness (QED) is 0.758. The summed E-state index contributed by atoms with van der Waals surface area (Å²) in [4.78, 5) is 0. The first-order chi connectivity index (χ1) is 5.74. The van der Waals surface area contributed by atoms with E-state index in [0.29, 0.717) is 0 Å². The van der Waals surface area contributed by atoms with Crippen molar-refractivity contribution in [1.82, 2.24) is 9.78 Å². The molecule has 1 aliphatic carbocycles. The molecule has 1 heterocycles. The van der Waals surface area contributed by atoms with E-state index in [-0.39, 0.29) is 0 Å². The molecule has 1 aromatic rings. The first-order valence-electron chi connectivity index (χ1n) is 4.09.